The average molecular weight is 373 g/mol. The minimum Gasteiger partial charge on any atom is -0.465 e. The molecular weight excluding hydrogens is 354 g/mol. The summed E-state index contributed by atoms with van der Waals surface area (Å²) in [5.74, 6) is -0.187. The lowest BCUT2D eigenvalue weighted by Gasteiger charge is -2.10. The fourth-order valence-corrected chi connectivity index (χ4v) is 3.23. The van der Waals surface area contributed by atoms with E-state index in [-0.39, 0.29) is 17.5 Å². The van der Waals surface area contributed by atoms with Gasteiger partial charge in [0.25, 0.3) is 0 Å². The van der Waals surface area contributed by atoms with Gasteiger partial charge in [-0.1, -0.05) is 42.1 Å². The third kappa shape index (κ3) is 3.72. The van der Waals surface area contributed by atoms with Crippen molar-refractivity contribution in [1.29, 1.82) is 0 Å². The first-order valence-electron chi connectivity index (χ1n) is 8.12. The third-order valence-corrected chi connectivity index (χ3v) is 4.65. The Kier molecular flexibility index (Phi) is 5.27. The number of carbonyl (C=O) groups is 1. The molecule has 1 atom stereocenters. The quantitative estimate of drug-likeness (QED) is 0.384. The Bertz CT molecular complexity index is 983. The molecule has 0 aliphatic heterocycles. The van der Waals surface area contributed by atoms with E-state index in [0.29, 0.717) is 29.5 Å². The minimum absolute atomic E-state index is 0.164. The number of aromatic nitrogens is 4. The van der Waals surface area contributed by atoms with Crippen molar-refractivity contribution in [3.8, 4) is 0 Å². The summed E-state index contributed by atoms with van der Waals surface area (Å²) in [6, 6.07) is 9.57. The van der Waals surface area contributed by atoms with Gasteiger partial charge in [0.2, 0.25) is 0 Å². The molecular formula is C17H19N5O3S. The van der Waals surface area contributed by atoms with Gasteiger partial charge in [0.05, 0.1) is 13.2 Å². The molecule has 1 aromatic carbocycles. The van der Waals surface area contributed by atoms with Gasteiger partial charge in [-0.15, -0.1) is 0 Å². The fourth-order valence-electron chi connectivity index (χ4n) is 2.46. The number of nitrogens with one attached hydrogen (secondary N) is 1. The molecule has 3 N–H and O–H groups in total. The highest BCUT2D eigenvalue weighted by Crippen LogP contribution is 2.24. The molecule has 9 heteroatoms. The predicted octanol–water partition coefficient (Wildman–Crippen LogP) is 1.79. The van der Waals surface area contributed by atoms with E-state index in [1.807, 2.05) is 30.3 Å². The summed E-state index contributed by atoms with van der Waals surface area (Å²) in [5, 5.41) is -0.170. The van der Waals surface area contributed by atoms with Crippen LogP contribution in [0, 0.1) is 0 Å². The van der Waals surface area contributed by atoms with Gasteiger partial charge in [0.15, 0.2) is 16.6 Å². The van der Waals surface area contributed by atoms with E-state index in [9.17, 15) is 9.59 Å². The van der Waals surface area contributed by atoms with Crippen molar-refractivity contribution in [2.45, 2.75) is 30.8 Å². The number of hydrogen-bond donors (Lipinski definition) is 2. The molecule has 26 heavy (non-hydrogen) atoms. The number of carbonyl (C=O) groups excluding carboxylic acids is 1. The number of thioether (sulfide) groups is 1. The number of rotatable bonds is 6. The van der Waals surface area contributed by atoms with Gasteiger partial charge in [-0.25, -0.2) is 14.8 Å². The van der Waals surface area contributed by atoms with Crippen molar-refractivity contribution >= 4 is 34.7 Å². The normalized spacial score (nSPS) is 12.2. The maximum absolute atomic E-state index is 12.3. The van der Waals surface area contributed by atoms with Crippen LogP contribution in [-0.2, 0) is 16.1 Å². The molecule has 0 spiro atoms. The molecule has 0 aliphatic carbocycles. The van der Waals surface area contributed by atoms with Gasteiger partial charge < -0.3 is 15.5 Å². The Morgan fingerprint density at radius 3 is 2.77 bits per heavy atom. The monoisotopic (exact) mass is 373 g/mol. The summed E-state index contributed by atoms with van der Waals surface area (Å²) in [6.45, 7) is 4.12. The van der Waals surface area contributed by atoms with Crippen LogP contribution in [0.4, 0.5) is 5.82 Å². The molecule has 0 saturated heterocycles. The topological polar surface area (TPSA) is 116 Å². The number of H-pyrrole nitrogens is 1. The largest absolute Gasteiger partial charge is 0.465 e. The van der Waals surface area contributed by atoms with E-state index in [4.69, 9.17) is 10.5 Å². The number of ether oxygens (including phenoxy) is 1. The lowest BCUT2D eigenvalue weighted by molar-refractivity contribution is -0.142. The number of aromatic amines is 1. The second kappa shape index (κ2) is 7.61. The molecule has 3 rings (SSSR count). The van der Waals surface area contributed by atoms with Crippen molar-refractivity contribution in [3.63, 3.8) is 0 Å². The minimum atomic E-state index is -0.486. The number of nitrogen functional groups attached to an aromatic ring is 1. The van der Waals surface area contributed by atoms with E-state index < -0.39 is 5.25 Å². The summed E-state index contributed by atoms with van der Waals surface area (Å²) in [7, 11) is 0. The Morgan fingerprint density at radius 2 is 2.08 bits per heavy atom. The number of nitrogens with zero attached hydrogens (tertiary/aromatic N) is 3. The van der Waals surface area contributed by atoms with Crippen LogP contribution in [0.5, 0.6) is 0 Å². The Labute approximate surface area is 153 Å². The van der Waals surface area contributed by atoms with Crippen LogP contribution in [0.25, 0.3) is 11.2 Å². The summed E-state index contributed by atoms with van der Waals surface area (Å²) in [6.07, 6.45) is 0. The zero-order valence-corrected chi connectivity index (χ0v) is 15.2. The van der Waals surface area contributed by atoms with Crippen molar-refractivity contribution in [1.82, 2.24) is 19.5 Å². The number of hydrogen-bond acceptors (Lipinski definition) is 7. The average Bonchev–Trinajstić information content (AvgIpc) is 2.93. The van der Waals surface area contributed by atoms with Gasteiger partial charge in [-0.3, -0.25) is 9.36 Å². The highest BCUT2D eigenvalue weighted by molar-refractivity contribution is 8.00. The van der Waals surface area contributed by atoms with E-state index in [0.717, 1.165) is 17.3 Å². The maximum Gasteiger partial charge on any atom is 0.328 e. The van der Waals surface area contributed by atoms with Gasteiger partial charge in [-0.2, -0.15) is 0 Å². The van der Waals surface area contributed by atoms with E-state index in [1.54, 1.807) is 13.8 Å². The molecule has 8 nitrogen and oxygen atoms in total. The van der Waals surface area contributed by atoms with Crippen LogP contribution in [0.15, 0.2) is 40.3 Å². The molecule has 0 aliphatic rings. The molecule has 1 unspecified atom stereocenters. The zero-order valence-electron chi connectivity index (χ0n) is 14.4. The van der Waals surface area contributed by atoms with Crippen molar-refractivity contribution in [2.24, 2.45) is 0 Å². The highest BCUT2D eigenvalue weighted by Gasteiger charge is 2.20. The number of fused-ring (bicyclic) bond motifs is 1. The molecule has 136 valence electrons. The second-order valence-electron chi connectivity index (χ2n) is 5.60. The smallest absolute Gasteiger partial charge is 0.328 e. The lowest BCUT2D eigenvalue weighted by Crippen LogP contribution is -2.18. The summed E-state index contributed by atoms with van der Waals surface area (Å²) < 4.78 is 6.49. The van der Waals surface area contributed by atoms with Gasteiger partial charge in [0.1, 0.15) is 10.8 Å². The number of imidazole rings is 1. The van der Waals surface area contributed by atoms with E-state index in [2.05, 4.69) is 15.0 Å². The predicted molar refractivity (Wildman–Crippen MR) is 100 cm³/mol. The molecule has 0 amide bonds. The first-order valence-corrected chi connectivity index (χ1v) is 9.00. The first-order chi connectivity index (χ1) is 12.5. The van der Waals surface area contributed by atoms with Gasteiger partial charge in [-0.05, 0) is 19.4 Å². The Hall–Kier alpha value is -2.81. The number of benzene rings is 1. The SMILES string of the molecule is CCOC(=O)C(C)Sc1nc(N)c2[nH]c(=O)n(Cc3ccccc3)c2n1. The van der Waals surface area contributed by atoms with Crippen LogP contribution >= 0.6 is 11.8 Å². The molecule has 2 aromatic heterocycles. The summed E-state index contributed by atoms with van der Waals surface area (Å²) in [4.78, 5) is 35.5. The highest BCUT2D eigenvalue weighted by atomic mass is 32.2. The Morgan fingerprint density at radius 1 is 1.35 bits per heavy atom. The lowest BCUT2D eigenvalue weighted by atomic mass is 10.2. The summed E-state index contributed by atoms with van der Waals surface area (Å²) in [5.41, 5.74) is 7.42. The third-order valence-electron chi connectivity index (χ3n) is 3.71. The second-order valence-corrected chi connectivity index (χ2v) is 6.91. The van der Waals surface area contributed by atoms with Crippen LogP contribution in [0.3, 0.4) is 0 Å². The Balaban J connectivity index is 1.97. The fraction of sp³-hybridized carbons (Fsp3) is 0.294. The maximum atomic E-state index is 12.3. The van der Waals surface area contributed by atoms with Crippen molar-refractivity contribution in [2.75, 3.05) is 12.3 Å². The van der Waals surface area contributed by atoms with E-state index >= 15 is 0 Å². The van der Waals surface area contributed by atoms with Gasteiger partial charge in [0, 0.05) is 0 Å². The summed E-state index contributed by atoms with van der Waals surface area (Å²) >= 11 is 1.14. The number of nitrogens with two attached hydrogens (primary N) is 1. The van der Waals surface area contributed by atoms with Crippen molar-refractivity contribution < 1.29 is 9.53 Å². The zero-order chi connectivity index (χ0) is 18.7. The van der Waals surface area contributed by atoms with Crippen molar-refractivity contribution in [3.05, 3.63) is 46.4 Å². The van der Waals surface area contributed by atoms with Crippen LogP contribution < -0.4 is 11.4 Å². The molecule has 0 bridgehead atoms. The first kappa shape index (κ1) is 18.0. The van der Waals surface area contributed by atoms with Crippen LogP contribution in [0.2, 0.25) is 0 Å². The number of esters is 1. The molecule has 3 aromatic rings. The van der Waals surface area contributed by atoms with Crippen LogP contribution in [-0.4, -0.2) is 37.3 Å². The van der Waals surface area contributed by atoms with Gasteiger partial charge >= 0.3 is 11.7 Å². The molecule has 0 fully saturated rings. The molecule has 0 radical (unpaired) electrons. The van der Waals surface area contributed by atoms with Crippen LogP contribution in [0.1, 0.15) is 19.4 Å². The molecule has 0 saturated carbocycles. The van der Waals surface area contributed by atoms with E-state index in [1.165, 1.54) is 4.57 Å². The standard InChI is InChI=1S/C17H19N5O3S/c1-3-25-15(23)10(2)26-16-20-13(18)12-14(21-16)22(17(24)19-12)9-11-7-5-4-6-8-11/h4-8,10H,3,9H2,1-2H3,(H,19,24)(H2,18,20,21). The molecule has 2 heterocycles. The number of anilines is 1.